The van der Waals surface area contributed by atoms with Crippen molar-refractivity contribution in [2.45, 2.75) is 44.8 Å². The van der Waals surface area contributed by atoms with Gasteiger partial charge in [0, 0.05) is 13.2 Å². The van der Waals surface area contributed by atoms with E-state index in [0.717, 1.165) is 32.2 Å². The molecule has 4 nitrogen and oxygen atoms in total. The number of nitrogens with zero attached hydrogens (tertiary/aromatic N) is 2. The molecule has 0 radical (unpaired) electrons. The first-order chi connectivity index (χ1) is 7.74. The number of amides is 1. The van der Waals surface area contributed by atoms with E-state index in [1.165, 1.54) is 0 Å². The van der Waals surface area contributed by atoms with Crippen molar-refractivity contribution in [2.24, 2.45) is 5.92 Å². The van der Waals surface area contributed by atoms with Crippen LogP contribution >= 0.6 is 0 Å². The van der Waals surface area contributed by atoms with Crippen LogP contribution in [0.1, 0.15) is 32.6 Å². The third-order valence-electron chi connectivity index (χ3n) is 3.63. The summed E-state index contributed by atoms with van der Waals surface area (Å²) in [4.78, 5) is 14.0. The molecule has 3 atom stereocenters. The van der Waals surface area contributed by atoms with Gasteiger partial charge in [-0.15, -0.1) is 0 Å². The molecule has 0 N–H and O–H groups in total. The molecule has 0 saturated carbocycles. The Hall–Kier alpha value is -1.08. The zero-order valence-corrected chi connectivity index (χ0v) is 9.69. The summed E-state index contributed by atoms with van der Waals surface area (Å²) < 4.78 is 5.42. The topological polar surface area (TPSA) is 53.3 Å². The Bertz CT molecular complexity index is 311. The van der Waals surface area contributed by atoms with Gasteiger partial charge in [0.15, 0.2) is 0 Å². The van der Waals surface area contributed by atoms with Gasteiger partial charge in [-0.1, -0.05) is 0 Å². The number of carbonyl (C=O) groups excluding carboxylic acids is 1. The zero-order valence-electron chi connectivity index (χ0n) is 9.69. The van der Waals surface area contributed by atoms with E-state index >= 15 is 0 Å². The lowest BCUT2D eigenvalue weighted by Crippen LogP contribution is -2.47. The van der Waals surface area contributed by atoms with E-state index in [1.807, 2.05) is 6.92 Å². The van der Waals surface area contributed by atoms with Crippen molar-refractivity contribution in [1.29, 1.82) is 5.26 Å². The molecule has 0 aromatic carbocycles. The van der Waals surface area contributed by atoms with Crippen molar-refractivity contribution in [1.82, 2.24) is 4.90 Å². The van der Waals surface area contributed by atoms with Gasteiger partial charge in [0.1, 0.15) is 6.04 Å². The predicted molar refractivity (Wildman–Crippen MR) is 58.5 cm³/mol. The lowest BCUT2D eigenvalue weighted by atomic mass is 9.96. The molecule has 4 heteroatoms. The highest BCUT2D eigenvalue weighted by atomic mass is 16.5. The summed E-state index contributed by atoms with van der Waals surface area (Å²) in [7, 11) is 0. The van der Waals surface area contributed by atoms with Gasteiger partial charge in [0.05, 0.1) is 18.1 Å². The van der Waals surface area contributed by atoms with Crippen LogP contribution in [0.4, 0.5) is 0 Å². The van der Waals surface area contributed by atoms with Crippen LogP contribution in [0.25, 0.3) is 0 Å². The zero-order chi connectivity index (χ0) is 11.5. The summed E-state index contributed by atoms with van der Waals surface area (Å²) in [6.45, 7) is 3.35. The quantitative estimate of drug-likeness (QED) is 0.672. The average molecular weight is 222 g/mol. The monoisotopic (exact) mass is 222 g/mol. The molecule has 2 aliphatic rings. The Morgan fingerprint density at radius 1 is 1.44 bits per heavy atom. The fraction of sp³-hybridized carbons (Fsp3) is 0.833. The van der Waals surface area contributed by atoms with E-state index in [0.29, 0.717) is 6.61 Å². The minimum Gasteiger partial charge on any atom is -0.378 e. The second-order valence-electron chi connectivity index (χ2n) is 4.64. The summed E-state index contributed by atoms with van der Waals surface area (Å²) in [5, 5.41) is 9.04. The Morgan fingerprint density at radius 2 is 2.25 bits per heavy atom. The summed E-state index contributed by atoms with van der Waals surface area (Å²) in [6, 6.07) is 2.02. The fourth-order valence-corrected chi connectivity index (χ4v) is 2.60. The van der Waals surface area contributed by atoms with Gasteiger partial charge >= 0.3 is 0 Å². The number of rotatable bonds is 1. The van der Waals surface area contributed by atoms with Gasteiger partial charge in [-0.25, -0.2) is 0 Å². The molecule has 88 valence electrons. The second kappa shape index (κ2) is 4.84. The smallest absolute Gasteiger partial charge is 0.229 e. The van der Waals surface area contributed by atoms with Crippen LogP contribution < -0.4 is 0 Å². The maximum absolute atomic E-state index is 12.3. The predicted octanol–water partition coefficient (Wildman–Crippen LogP) is 1.32. The highest BCUT2D eigenvalue weighted by molar-refractivity contribution is 5.80. The maximum Gasteiger partial charge on any atom is 0.229 e. The number of hydrogen-bond donors (Lipinski definition) is 0. The van der Waals surface area contributed by atoms with Gasteiger partial charge < -0.3 is 9.64 Å². The molecule has 1 amide bonds. The van der Waals surface area contributed by atoms with Crippen LogP contribution in [-0.2, 0) is 9.53 Å². The van der Waals surface area contributed by atoms with E-state index in [9.17, 15) is 4.79 Å². The highest BCUT2D eigenvalue weighted by Gasteiger charge is 2.37. The van der Waals surface area contributed by atoms with Crippen LogP contribution in [0, 0.1) is 17.2 Å². The summed E-state index contributed by atoms with van der Waals surface area (Å²) >= 11 is 0. The van der Waals surface area contributed by atoms with E-state index in [4.69, 9.17) is 10.00 Å². The Kier molecular flexibility index (Phi) is 3.45. The standard InChI is InChI=1S/C12H18N2O2/c1-9-11(5-7-16-9)12(15)14-6-3-2-4-10(14)8-13/h9-11H,2-7H2,1H3. The minimum atomic E-state index is -0.214. The second-order valence-corrected chi connectivity index (χ2v) is 4.64. The molecule has 2 aliphatic heterocycles. The SMILES string of the molecule is CC1OCCC1C(=O)N1CCCCC1C#N. The molecule has 2 heterocycles. The largest absolute Gasteiger partial charge is 0.378 e. The third-order valence-corrected chi connectivity index (χ3v) is 3.63. The first-order valence-corrected chi connectivity index (χ1v) is 6.05. The molecule has 2 fully saturated rings. The van der Waals surface area contributed by atoms with Crippen molar-refractivity contribution >= 4 is 5.91 Å². The van der Waals surface area contributed by atoms with Gasteiger partial charge in [0.2, 0.25) is 5.91 Å². The summed E-state index contributed by atoms with van der Waals surface area (Å²) in [5.74, 6) is 0.0881. The van der Waals surface area contributed by atoms with Crippen LogP contribution in [-0.4, -0.2) is 36.1 Å². The summed E-state index contributed by atoms with van der Waals surface area (Å²) in [5.41, 5.74) is 0. The van der Waals surface area contributed by atoms with Crippen LogP contribution in [0.2, 0.25) is 0 Å². The maximum atomic E-state index is 12.3. The molecule has 0 spiro atoms. The van der Waals surface area contributed by atoms with Gasteiger partial charge in [-0.2, -0.15) is 5.26 Å². The van der Waals surface area contributed by atoms with Crippen molar-refractivity contribution in [3.63, 3.8) is 0 Å². The minimum absolute atomic E-state index is 0.00812. The van der Waals surface area contributed by atoms with E-state index < -0.39 is 0 Å². The molecule has 0 aromatic heterocycles. The molecule has 16 heavy (non-hydrogen) atoms. The van der Waals surface area contributed by atoms with Crippen LogP contribution in [0.15, 0.2) is 0 Å². The molecule has 0 aliphatic carbocycles. The van der Waals surface area contributed by atoms with Crippen molar-refractivity contribution in [3.8, 4) is 6.07 Å². The van der Waals surface area contributed by atoms with Gasteiger partial charge in [-0.05, 0) is 32.6 Å². The van der Waals surface area contributed by atoms with E-state index in [-0.39, 0.29) is 24.0 Å². The fourth-order valence-electron chi connectivity index (χ4n) is 2.60. The molecule has 0 aromatic rings. The number of hydrogen-bond acceptors (Lipinski definition) is 3. The Balaban J connectivity index is 2.05. The van der Waals surface area contributed by atoms with Crippen molar-refractivity contribution in [3.05, 3.63) is 0 Å². The molecule has 3 unspecified atom stereocenters. The number of likely N-dealkylation sites (tertiary alicyclic amines) is 1. The first kappa shape index (κ1) is 11.4. The number of piperidine rings is 1. The van der Waals surface area contributed by atoms with Crippen molar-refractivity contribution < 1.29 is 9.53 Å². The Morgan fingerprint density at radius 3 is 2.88 bits per heavy atom. The highest BCUT2D eigenvalue weighted by Crippen LogP contribution is 2.26. The number of carbonyl (C=O) groups is 1. The summed E-state index contributed by atoms with van der Waals surface area (Å²) in [6.07, 6.45) is 3.71. The lowest BCUT2D eigenvalue weighted by molar-refractivity contribution is -0.139. The molecule has 2 rings (SSSR count). The Labute approximate surface area is 96.2 Å². The normalized spacial score (nSPS) is 34.8. The number of nitriles is 1. The third kappa shape index (κ3) is 2.05. The van der Waals surface area contributed by atoms with E-state index in [2.05, 4.69) is 6.07 Å². The van der Waals surface area contributed by atoms with E-state index in [1.54, 1.807) is 4.90 Å². The first-order valence-electron chi connectivity index (χ1n) is 6.05. The lowest BCUT2D eigenvalue weighted by Gasteiger charge is -2.33. The molecular weight excluding hydrogens is 204 g/mol. The van der Waals surface area contributed by atoms with Gasteiger partial charge in [-0.3, -0.25) is 4.79 Å². The average Bonchev–Trinajstić information content (AvgIpc) is 2.74. The molecule has 0 bridgehead atoms. The van der Waals surface area contributed by atoms with Crippen LogP contribution in [0.3, 0.4) is 0 Å². The molecule has 2 saturated heterocycles. The number of ether oxygens (including phenoxy) is 1. The molecular formula is C12H18N2O2. The van der Waals surface area contributed by atoms with Gasteiger partial charge in [0.25, 0.3) is 0 Å². The van der Waals surface area contributed by atoms with Crippen LogP contribution in [0.5, 0.6) is 0 Å². The van der Waals surface area contributed by atoms with Crippen molar-refractivity contribution in [2.75, 3.05) is 13.2 Å².